The number of nitrogens with one attached hydrogen (secondary N) is 2. The zero-order chi connectivity index (χ0) is 16.6. The number of hydrogen-bond donors (Lipinski definition) is 2. The number of ketones is 1. The summed E-state index contributed by atoms with van der Waals surface area (Å²) in [4.78, 5) is 33.8. The average Bonchev–Trinajstić information content (AvgIpc) is 2.88. The van der Waals surface area contributed by atoms with Crippen molar-refractivity contribution in [2.75, 3.05) is 5.75 Å². The Hall–Kier alpha value is -1.70. The summed E-state index contributed by atoms with van der Waals surface area (Å²) in [5, 5.41) is 1.16. The van der Waals surface area contributed by atoms with Crippen LogP contribution >= 0.6 is 35.6 Å². The van der Waals surface area contributed by atoms with Gasteiger partial charge in [-0.25, -0.2) is 4.99 Å². The molecule has 1 aromatic heterocycles. The predicted octanol–water partition coefficient (Wildman–Crippen LogP) is 3.60. The van der Waals surface area contributed by atoms with Crippen LogP contribution in [0.3, 0.4) is 0 Å². The number of H-pyrrole nitrogens is 2. The normalized spacial score (nSPS) is 12.9. The molecule has 1 aliphatic heterocycles. The number of aryl methyl sites for hydroxylation is 1. The molecule has 0 aliphatic carbocycles. The topological polar surface area (TPSA) is 78.1 Å². The van der Waals surface area contributed by atoms with Gasteiger partial charge in [-0.2, -0.15) is 0 Å². The molecule has 1 aliphatic rings. The minimum absolute atomic E-state index is 0.0690. The van der Waals surface area contributed by atoms with Gasteiger partial charge in [0.2, 0.25) is 0 Å². The Morgan fingerprint density at radius 3 is 2.96 bits per heavy atom. The first-order valence-electron chi connectivity index (χ1n) is 6.79. The quantitative estimate of drug-likeness (QED) is 0.643. The minimum Gasteiger partial charge on any atom is -0.317 e. The molecule has 0 radical (unpaired) electrons. The van der Waals surface area contributed by atoms with Crippen LogP contribution in [0.2, 0.25) is 5.02 Å². The van der Waals surface area contributed by atoms with Crippen molar-refractivity contribution in [1.29, 1.82) is 0 Å². The first-order chi connectivity index (χ1) is 10.9. The standard InChI is InChI=1S/C15H12ClN3O2S2/c1-7-2-3-8(10(16)4-7)11(20)6-23-12-5-9-13(17-12)18-15(22)19-14(9)21/h2-4H,5-6H2,1H3,(H2,18,19,21,22). The molecule has 23 heavy (non-hydrogen) atoms. The van der Waals surface area contributed by atoms with Crippen LogP contribution in [0, 0.1) is 11.7 Å². The number of benzene rings is 1. The van der Waals surface area contributed by atoms with Gasteiger partial charge in [-0.15, -0.1) is 11.8 Å². The van der Waals surface area contributed by atoms with Crippen molar-refractivity contribution in [1.82, 2.24) is 9.97 Å². The fourth-order valence-electron chi connectivity index (χ4n) is 2.23. The third-order valence-electron chi connectivity index (χ3n) is 3.38. The van der Waals surface area contributed by atoms with E-state index in [1.165, 1.54) is 11.8 Å². The van der Waals surface area contributed by atoms with E-state index < -0.39 is 0 Å². The van der Waals surface area contributed by atoms with Crippen molar-refractivity contribution in [2.24, 2.45) is 4.99 Å². The molecule has 0 atom stereocenters. The Kier molecular flexibility index (Phi) is 4.52. The van der Waals surface area contributed by atoms with E-state index >= 15 is 0 Å². The number of aliphatic imine (C=N–C) groups is 1. The summed E-state index contributed by atoms with van der Waals surface area (Å²) in [5.74, 6) is 0.622. The highest BCUT2D eigenvalue weighted by Crippen LogP contribution is 2.26. The summed E-state index contributed by atoms with van der Waals surface area (Å²) in [7, 11) is 0. The fraction of sp³-hybridized carbons (Fsp3) is 0.200. The fourth-order valence-corrected chi connectivity index (χ4v) is 3.62. The maximum atomic E-state index is 12.3. The highest BCUT2D eigenvalue weighted by molar-refractivity contribution is 8.14. The van der Waals surface area contributed by atoms with Crippen molar-refractivity contribution in [3.63, 3.8) is 0 Å². The molecule has 2 aromatic rings. The molecule has 0 unspecified atom stereocenters. The summed E-state index contributed by atoms with van der Waals surface area (Å²) in [6, 6.07) is 5.35. The van der Waals surface area contributed by atoms with Crippen LogP contribution in [-0.4, -0.2) is 26.5 Å². The minimum atomic E-state index is -0.240. The van der Waals surface area contributed by atoms with Gasteiger partial charge >= 0.3 is 0 Å². The molecule has 5 nitrogen and oxygen atoms in total. The summed E-state index contributed by atoms with van der Waals surface area (Å²) in [6.07, 6.45) is 0.399. The second-order valence-corrected chi connectivity index (χ2v) is 6.98. The number of carbonyl (C=O) groups is 1. The van der Waals surface area contributed by atoms with Gasteiger partial charge in [0.15, 0.2) is 10.6 Å². The number of carbonyl (C=O) groups excluding carboxylic acids is 1. The monoisotopic (exact) mass is 365 g/mol. The number of hydrogen-bond acceptors (Lipinski definition) is 5. The van der Waals surface area contributed by atoms with Crippen LogP contribution in [0.1, 0.15) is 21.5 Å². The van der Waals surface area contributed by atoms with Crippen LogP contribution in [-0.2, 0) is 6.42 Å². The lowest BCUT2D eigenvalue weighted by atomic mass is 10.1. The van der Waals surface area contributed by atoms with Gasteiger partial charge in [0, 0.05) is 12.0 Å². The molecule has 118 valence electrons. The Labute approximate surface area is 146 Å². The smallest absolute Gasteiger partial charge is 0.257 e. The number of thioether (sulfide) groups is 1. The van der Waals surface area contributed by atoms with E-state index in [2.05, 4.69) is 15.0 Å². The van der Waals surface area contributed by atoms with Crippen molar-refractivity contribution >= 4 is 52.2 Å². The van der Waals surface area contributed by atoms with E-state index in [0.29, 0.717) is 33.4 Å². The summed E-state index contributed by atoms with van der Waals surface area (Å²) < 4.78 is 0.242. The summed E-state index contributed by atoms with van der Waals surface area (Å²) >= 11 is 12.3. The molecule has 0 saturated heterocycles. The van der Waals surface area contributed by atoms with E-state index in [1.54, 1.807) is 12.1 Å². The first kappa shape index (κ1) is 16.2. The SMILES string of the molecule is Cc1ccc(C(=O)CSC2=Nc3[nH]c(=S)[nH]c(=O)c3C2)c(Cl)c1. The third-order valence-corrected chi connectivity index (χ3v) is 4.87. The van der Waals surface area contributed by atoms with Gasteiger partial charge in [0.05, 0.1) is 21.4 Å². The van der Waals surface area contributed by atoms with Gasteiger partial charge in [0.1, 0.15) is 5.82 Å². The Bertz CT molecular complexity index is 946. The number of aromatic amines is 2. The summed E-state index contributed by atoms with van der Waals surface area (Å²) in [5.41, 5.74) is 1.81. The lowest BCUT2D eigenvalue weighted by Gasteiger charge is -2.04. The van der Waals surface area contributed by atoms with Crippen molar-refractivity contribution < 1.29 is 4.79 Å². The number of fused-ring (bicyclic) bond motifs is 1. The molecule has 0 saturated carbocycles. The number of rotatable bonds is 3. The van der Waals surface area contributed by atoms with Crippen LogP contribution in [0.25, 0.3) is 0 Å². The first-order valence-corrected chi connectivity index (χ1v) is 8.56. The number of aromatic nitrogens is 2. The maximum Gasteiger partial charge on any atom is 0.257 e. The van der Waals surface area contributed by atoms with Gasteiger partial charge in [-0.3, -0.25) is 14.6 Å². The van der Waals surface area contributed by atoms with Crippen LogP contribution in [0.4, 0.5) is 5.82 Å². The Morgan fingerprint density at radius 2 is 2.22 bits per heavy atom. The maximum absolute atomic E-state index is 12.3. The number of halogens is 1. The van der Waals surface area contributed by atoms with Crippen LogP contribution in [0.15, 0.2) is 28.0 Å². The number of Topliss-reactive ketones (excluding diaryl/α,β-unsaturated/α-hetero) is 1. The van der Waals surface area contributed by atoms with E-state index in [1.807, 2.05) is 13.0 Å². The molecule has 8 heteroatoms. The van der Waals surface area contributed by atoms with Crippen LogP contribution in [0.5, 0.6) is 0 Å². The van der Waals surface area contributed by atoms with E-state index in [4.69, 9.17) is 23.8 Å². The summed E-state index contributed by atoms with van der Waals surface area (Å²) in [6.45, 7) is 1.92. The highest BCUT2D eigenvalue weighted by Gasteiger charge is 2.20. The molecular weight excluding hydrogens is 354 g/mol. The Morgan fingerprint density at radius 1 is 1.43 bits per heavy atom. The predicted molar refractivity (Wildman–Crippen MR) is 96.0 cm³/mol. The van der Waals surface area contributed by atoms with Gasteiger partial charge < -0.3 is 4.98 Å². The molecule has 2 heterocycles. The second kappa shape index (κ2) is 6.43. The Balaban J connectivity index is 1.71. The highest BCUT2D eigenvalue weighted by atomic mass is 35.5. The molecule has 2 N–H and O–H groups in total. The van der Waals surface area contributed by atoms with E-state index in [0.717, 1.165) is 5.56 Å². The van der Waals surface area contributed by atoms with Gasteiger partial charge in [-0.1, -0.05) is 17.7 Å². The zero-order valence-electron chi connectivity index (χ0n) is 12.1. The molecule has 0 fully saturated rings. The van der Waals surface area contributed by atoms with Gasteiger partial charge in [0.25, 0.3) is 5.56 Å². The molecule has 0 amide bonds. The average molecular weight is 366 g/mol. The molecule has 0 spiro atoms. The lowest BCUT2D eigenvalue weighted by Crippen LogP contribution is -2.13. The number of nitrogens with zero attached hydrogens (tertiary/aromatic N) is 1. The molecule has 1 aromatic carbocycles. The largest absolute Gasteiger partial charge is 0.317 e. The second-order valence-electron chi connectivity index (χ2n) is 5.11. The molecule has 3 rings (SSSR count). The van der Waals surface area contributed by atoms with E-state index in [-0.39, 0.29) is 21.9 Å². The lowest BCUT2D eigenvalue weighted by molar-refractivity contribution is 0.102. The third kappa shape index (κ3) is 3.46. The zero-order valence-corrected chi connectivity index (χ0v) is 14.5. The molecule has 0 bridgehead atoms. The van der Waals surface area contributed by atoms with Crippen molar-refractivity contribution in [3.8, 4) is 0 Å². The molecular formula is C15H12ClN3O2S2. The van der Waals surface area contributed by atoms with E-state index in [9.17, 15) is 9.59 Å². The van der Waals surface area contributed by atoms with Crippen molar-refractivity contribution in [2.45, 2.75) is 13.3 Å². The van der Waals surface area contributed by atoms with Crippen LogP contribution < -0.4 is 5.56 Å². The van der Waals surface area contributed by atoms with Crippen molar-refractivity contribution in [3.05, 3.63) is 55.0 Å². The van der Waals surface area contributed by atoms with Gasteiger partial charge in [-0.05, 0) is 36.8 Å².